The van der Waals surface area contributed by atoms with Gasteiger partial charge in [-0.2, -0.15) is 0 Å². The first kappa shape index (κ1) is 19.3. The summed E-state index contributed by atoms with van der Waals surface area (Å²) in [5.41, 5.74) is 1.26. The van der Waals surface area contributed by atoms with Crippen molar-refractivity contribution in [3.63, 3.8) is 0 Å². The van der Waals surface area contributed by atoms with Crippen molar-refractivity contribution in [2.75, 3.05) is 33.8 Å². The SMILES string of the molecule is CN=C(NCCCCOc1ccc(C)cc1)N(C)CCc1cccs1. The first-order valence-corrected chi connectivity index (χ1v) is 9.70. The van der Waals surface area contributed by atoms with E-state index in [-0.39, 0.29) is 0 Å². The third-order valence-electron chi connectivity index (χ3n) is 3.99. The molecule has 0 amide bonds. The van der Waals surface area contributed by atoms with Crippen LogP contribution in [0.2, 0.25) is 0 Å². The lowest BCUT2D eigenvalue weighted by Gasteiger charge is -2.21. The second kappa shape index (κ2) is 10.8. The first-order valence-electron chi connectivity index (χ1n) is 8.82. The minimum absolute atomic E-state index is 0.748. The van der Waals surface area contributed by atoms with Crippen LogP contribution in [0.1, 0.15) is 23.3 Å². The van der Waals surface area contributed by atoms with E-state index < -0.39 is 0 Å². The van der Waals surface area contributed by atoms with Gasteiger partial charge in [0.1, 0.15) is 5.75 Å². The predicted molar refractivity (Wildman–Crippen MR) is 108 cm³/mol. The molecule has 136 valence electrons. The molecule has 4 nitrogen and oxygen atoms in total. The van der Waals surface area contributed by atoms with E-state index >= 15 is 0 Å². The van der Waals surface area contributed by atoms with E-state index in [1.165, 1.54) is 10.4 Å². The van der Waals surface area contributed by atoms with E-state index in [0.717, 1.165) is 50.7 Å². The van der Waals surface area contributed by atoms with Crippen molar-refractivity contribution in [3.8, 4) is 5.75 Å². The number of thiophene rings is 1. The van der Waals surface area contributed by atoms with Crippen molar-refractivity contribution >= 4 is 17.3 Å². The molecule has 2 aromatic rings. The van der Waals surface area contributed by atoms with E-state index in [0.29, 0.717) is 0 Å². The molecule has 0 spiro atoms. The summed E-state index contributed by atoms with van der Waals surface area (Å²) in [5, 5.41) is 5.56. The summed E-state index contributed by atoms with van der Waals surface area (Å²) in [4.78, 5) is 7.96. The highest BCUT2D eigenvalue weighted by Crippen LogP contribution is 2.12. The number of guanidine groups is 1. The molecule has 0 aliphatic carbocycles. The smallest absolute Gasteiger partial charge is 0.193 e. The Morgan fingerprint density at radius 3 is 2.68 bits per heavy atom. The van der Waals surface area contributed by atoms with Crippen LogP contribution in [0.4, 0.5) is 0 Å². The maximum absolute atomic E-state index is 5.75. The maximum Gasteiger partial charge on any atom is 0.193 e. The Balaban J connectivity index is 1.58. The predicted octanol–water partition coefficient (Wildman–Crippen LogP) is 3.97. The molecule has 1 aromatic heterocycles. The molecule has 0 saturated heterocycles. The Labute approximate surface area is 155 Å². The molecule has 0 fully saturated rings. The number of aryl methyl sites for hydroxylation is 1. The third-order valence-corrected chi connectivity index (χ3v) is 4.93. The van der Waals surface area contributed by atoms with E-state index in [1.807, 2.05) is 30.5 Å². The lowest BCUT2D eigenvalue weighted by Crippen LogP contribution is -2.40. The number of nitrogens with one attached hydrogen (secondary N) is 1. The minimum atomic E-state index is 0.748. The van der Waals surface area contributed by atoms with Gasteiger partial charge in [-0.25, -0.2) is 0 Å². The average molecular weight is 360 g/mol. The quantitative estimate of drug-likeness (QED) is 0.418. The standard InChI is InChI=1S/C20H29N3OS/c1-17-8-10-18(11-9-17)24-15-5-4-13-22-20(21-2)23(3)14-12-19-7-6-16-25-19/h6-11,16H,4-5,12-15H2,1-3H3,(H,21,22). The van der Waals surface area contributed by atoms with Crippen LogP contribution in [-0.4, -0.2) is 44.7 Å². The van der Waals surface area contributed by atoms with Gasteiger partial charge < -0.3 is 15.0 Å². The molecule has 0 unspecified atom stereocenters. The number of aliphatic imine (C=N–C) groups is 1. The van der Waals surface area contributed by atoms with Crippen molar-refractivity contribution in [1.82, 2.24) is 10.2 Å². The van der Waals surface area contributed by atoms with Gasteiger partial charge in [0, 0.05) is 32.1 Å². The summed E-state index contributed by atoms with van der Waals surface area (Å²) in [6.45, 7) is 4.71. The summed E-state index contributed by atoms with van der Waals surface area (Å²) in [5.74, 6) is 1.90. The molecule has 0 aliphatic heterocycles. The molecular formula is C20H29N3OS. The lowest BCUT2D eigenvalue weighted by atomic mass is 10.2. The summed E-state index contributed by atoms with van der Waals surface area (Å²) >= 11 is 1.81. The van der Waals surface area contributed by atoms with Gasteiger partial charge in [-0.3, -0.25) is 4.99 Å². The summed E-state index contributed by atoms with van der Waals surface area (Å²) in [6, 6.07) is 12.5. The van der Waals surface area contributed by atoms with Crippen molar-refractivity contribution < 1.29 is 4.74 Å². The molecule has 2 rings (SSSR count). The highest BCUT2D eigenvalue weighted by molar-refractivity contribution is 7.09. The molecule has 1 aromatic carbocycles. The number of benzene rings is 1. The number of nitrogens with zero attached hydrogens (tertiary/aromatic N) is 2. The van der Waals surface area contributed by atoms with Gasteiger partial charge in [-0.05, 0) is 49.8 Å². The maximum atomic E-state index is 5.75. The Bertz CT molecular complexity index is 623. The normalized spacial score (nSPS) is 11.4. The first-order chi connectivity index (χ1) is 12.2. The van der Waals surface area contributed by atoms with Crippen LogP contribution in [0.25, 0.3) is 0 Å². The van der Waals surface area contributed by atoms with Gasteiger partial charge >= 0.3 is 0 Å². The summed E-state index contributed by atoms with van der Waals surface area (Å²) in [7, 11) is 3.92. The second-order valence-corrected chi connectivity index (χ2v) is 7.13. The number of hydrogen-bond donors (Lipinski definition) is 1. The summed E-state index contributed by atoms with van der Waals surface area (Å²) in [6.07, 6.45) is 3.14. The van der Waals surface area contributed by atoms with Crippen molar-refractivity contribution in [2.24, 2.45) is 4.99 Å². The Hall–Kier alpha value is -2.01. The molecule has 1 N–H and O–H groups in total. The zero-order valence-electron chi connectivity index (χ0n) is 15.5. The van der Waals surface area contributed by atoms with Crippen LogP contribution in [0.3, 0.4) is 0 Å². The Morgan fingerprint density at radius 1 is 1.20 bits per heavy atom. The number of hydrogen-bond acceptors (Lipinski definition) is 3. The van der Waals surface area contributed by atoms with Gasteiger partial charge in [-0.15, -0.1) is 11.3 Å². The van der Waals surface area contributed by atoms with Gasteiger partial charge in [0.15, 0.2) is 5.96 Å². The average Bonchev–Trinajstić information content (AvgIpc) is 3.14. The van der Waals surface area contributed by atoms with Crippen LogP contribution >= 0.6 is 11.3 Å². The van der Waals surface area contributed by atoms with E-state index in [4.69, 9.17) is 4.74 Å². The van der Waals surface area contributed by atoms with E-state index in [9.17, 15) is 0 Å². The van der Waals surface area contributed by atoms with E-state index in [2.05, 4.69) is 58.8 Å². The number of ether oxygens (including phenoxy) is 1. The molecule has 0 aliphatic rings. The molecule has 5 heteroatoms. The van der Waals surface area contributed by atoms with Crippen LogP contribution in [0.5, 0.6) is 5.75 Å². The zero-order valence-corrected chi connectivity index (χ0v) is 16.3. The van der Waals surface area contributed by atoms with Gasteiger partial charge in [-0.1, -0.05) is 23.8 Å². The Morgan fingerprint density at radius 2 is 2.00 bits per heavy atom. The zero-order chi connectivity index (χ0) is 17.9. The van der Waals surface area contributed by atoms with Gasteiger partial charge in [0.2, 0.25) is 0 Å². The third kappa shape index (κ3) is 7.18. The van der Waals surface area contributed by atoms with Crippen LogP contribution in [0.15, 0.2) is 46.8 Å². The van der Waals surface area contributed by atoms with E-state index in [1.54, 1.807) is 0 Å². The number of unbranched alkanes of at least 4 members (excludes halogenated alkanes) is 1. The Kier molecular flexibility index (Phi) is 8.32. The van der Waals surface area contributed by atoms with Crippen molar-refractivity contribution in [2.45, 2.75) is 26.2 Å². The molecule has 0 atom stereocenters. The topological polar surface area (TPSA) is 36.9 Å². The molecular weight excluding hydrogens is 330 g/mol. The van der Waals surface area contributed by atoms with Crippen LogP contribution in [-0.2, 0) is 6.42 Å². The number of rotatable bonds is 9. The molecule has 0 saturated carbocycles. The molecule has 25 heavy (non-hydrogen) atoms. The van der Waals surface area contributed by atoms with Crippen molar-refractivity contribution in [1.29, 1.82) is 0 Å². The number of likely N-dealkylation sites (N-methyl/N-ethyl adjacent to an activating group) is 1. The highest BCUT2D eigenvalue weighted by atomic mass is 32.1. The fourth-order valence-corrected chi connectivity index (χ4v) is 3.17. The highest BCUT2D eigenvalue weighted by Gasteiger charge is 2.05. The lowest BCUT2D eigenvalue weighted by molar-refractivity contribution is 0.306. The minimum Gasteiger partial charge on any atom is -0.494 e. The van der Waals surface area contributed by atoms with Crippen LogP contribution in [0, 0.1) is 6.92 Å². The molecule has 0 radical (unpaired) electrons. The van der Waals surface area contributed by atoms with Gasteiger partial charge in [0.05, 0.1) is 6.61 Å². The monoisotopic (exact) mass is 359 g/mol. The van der Waals surface area contributed by atoms with Gasteiger partial charge in [0.25, 0.3) is 0 Å². The largest absolute Gasteiger partial charge is 0.494 e. The summed E-state index contributed by atoms with van der Waals surface area (Å²) < 4.78 is 5.75. The molecule has 0 bridgehead atoms. The second-order valence-electron chi connectivity index (χ2n) is 6.09. The fourth-order valence-electron chi connectivity index (χ4n) is 2.48. The van der Waals surface area contributed by atoms with Crippen LogP contribution < -0.4 is 10.1 Å². The fraction of sp³-hybridized carbons (Fsp3) is 0.450. The molecule has 1 heterocycles. The van der Waals surface area contributed by atoms with Crippen molar-refractivity contribution in [3.05, 3.63) is 52.2 Å².